The van der Waals surface area contributed by atoms with E-state index in [-0.39, 0.29) is 10.8 Å². The zero-order valence-electron chi connectivity index (χ0n) is 17.6. The number of nitrogens with one attached hydrogen (secondary N) is 1. The van der Waals surface area contributed by atoms with Crippen LogP contribution in [0.4, 0.5) is 0 Å². The molecule has 0 bridgehead atoms. The summed E-state index contributed by atoms with van der Waals surface area (Å²) >= 11 is 0. The van der Waals surface area contributed by atoms with Crippen LogP contribution in [0.5, 0.6) is 0 Å². The minimum absolute atomic E-state index is 0.225. The Hall–Kier alpha value is -1.76. The Kier molecular flexibility index (Phi) is 7.29. The smallest absolute Gasteiger partial charge is 0.00278 e. The summed E-state index contributed by atoms with van der Waals surface area (Å²) in [7, 11) is 1.98. The van der Waals surface area contributed by atoms with Crippen molar-refractivity contribution in [3.05, 3.63) is 65.4 Å². The highest BCUT2D eigenvalue weighted by molar-refractivity contribution is 5.75. The molecule has 0 saturated heterocycles. The van der Waals surface area contributed by atoms with Crippen LogP contribution in [0.3, 0.4) is 0 Å². The van der Waals surface area contributed by atoms with Crippen molar-refractivity contribution in [2.75, 3.05) is 7.05 Å². The maximum Gasteiger partial charge on any atom is 0.00278 e. The number of allylic oxidation sites excluding steroid dienone is 4. The summed E-state index contributed by atoms with van der Waals surface area (Å²) in [5.74, 6) is 0. The largest absolute Gasteiger partial charge is 0.394 e. The number of benzene rings is 1. The minimum Gasteiger partial charge on any atom is -0.394 e. The summed E-state index contributed by atoms with van der Waals surface area (Å²) in [6.07, 6.45) is 6.52. The molecule has 0 amide bonds. The molecule has 1 N–H and O–H groups in total. The van der Waals surface area contributed by atoms with Crippen molar-refractivity contribution in [3.8, 4) is 0 Å². The summed E-state index contributed by atoms with van der Waals surface area (Å²) in [5, 5.41) is 3.25. The fourth-order valence-electron chi connectivity index (χ4n) is 3.05. The van der Waals surface area contributed by atoms with Gasteiger partial charge < -0.3 is 5.32 Å². The third-order valence-electron chi connectivity index (χ3n) is 4.01. The van der Waals surface area contributed by atoms with Crippen LogP contribution in [0.15, 0.2) is 54.3 Å². The van der Waals surface area contributed by atoms with Crippen LogP contribution in [-0.2, 0) is 0 Å². The van der Waals surface area contributed by atoms with E-state index in [1.54, 1.807) is 0 Å². The van der Waals surface area contributed by atoms with Crippen molar-refractivity contribution in [2.24, 2.45) is 10.8 Å². The molecule has 0 heterocycles. The molecule has 1 aromatic rings. The summed E-state index contributed by atoms with van der Waals surface area (Å²) in [6, 6.07) is 8.48. The third-order valence-corrected chi connectivity index (χ3v) is 4.01. The van der Waals surface area contributed by atoms with E-state index < -0.39 is 0 Å². The lowest BCUT2D eigenvalue weighted by Gasteiger charge is -2.27. The Balaban J connectivity index is 3.33. The van der Waals surface area contributed by atoms with Gasteiger partial charge in [-0.05, 0) is 64.6 Å². The summed E-state index contributed by atoms with van der Waals surface area (Å²) in [4.78, 5) is 0. The lowest BCUT2D eigenvalue weighted by molar-refractivity contribution is 0.389. The predicted octanol–water partition coefficient (Wildman–Crippen LogP) is 6.91. The van der Waals surface area contributed by atoms with Crippen LogP contribution in [0.1, 0.15) is 65.5 Å². The average Bonchev–Trinajstić information content (AvgIpc) is 2.43. The SMILES string of the molecule is C=C(/C=C(CC(C)(C)C)\C(=C/NC)CC(C)(C)C)c1ccccc1C. The first kappa shape index (κ1) is 21.3. The third kappa shape index (κ3) is 7.77. The van der Waals surface area contributed by atoms with Crippen molar-refractivity contribution in [3.63, 3.8) is 0 Å². The molecule has 0 aliphatic rings. The predicted molar refractivity (Wildman–Crippen MR) is 114 cm³/mol. The van der Waals surface area contributed by atoms with Gasteiger partial charge in [-0.15, -0.1) is 0 Å². The van der Waals surface area contributed by atoms with Gasteiger partial charge in [0.15, 0.2) is 0 Å². The fraction of sp³-hybridized carbons (Fsp3) is 0.500. The summed E-state index contributed by atoms with van der Waals surface area (Å²) in [6.45, 7) is 20.3. The zero-order chi connectivity index (χ0) is 19.3. The molecule has 0 aromatic heterocycles. The molecular formula is C24H37N. The molecule has 0 fully saturated rings. The fourth-order valence-corrected chi connectivity index (χ4v) is 3.05. The second kappa shape index (κ2) is 8.56. The van der Waals surface area contributed by atoms with E-state index in [0.717, 1.165) is 18.4 Å². The summed E-state index contributed by atoms with van der Waals surface area (Å²) < 4.78 is 0. The zero-order valence-corrected chi connectivity index (χ0v) is 17.6. The van der Waals surface area contributed by atoms with Crippen LogP contribution < -0.4 is 5.32 Å². The number of aryl methyl sites for hydroxylation is 1. The first-order valence-electron chi connectivity index (χ1n) is 9.25. The van der Waals surface area contributed by atoms with Crippen LogP contribution in [0.2, 0.25) is 0 Å². The van der Waals surface area contributed by atoms with Crippen molar-refractivity contribution in [2.45, 2.75) is 61.3 Å². The normalized spacial score (nSPS) is 13.8. The molecule has 25 heavy (non-hydrogen) atoms. The quantitative estimate of drug-likeness (QED) is 0.555. The van der Waals surface area contributed by atoms with Gasteiger partial charge in [0, 0.05) is 7.05 Å². The molecule has 0 saturated carbocycles. The highest BCUT2D eigenvalue weighted by atomic mass is 14.8. The Morgan fingerprint density at radius 2 is 1.48 bits per heavy atom. The number of rotatable bonds is 6. The molecule has 0 aliphatic heterocycles. The van der Waals surface area contributed by atoms with Gasteiger partial charge in [-0.25, -0.2) is 0 Å². The second-order valence-electron chi connectivity index (χ2n) is 9.44. The van der Waals surface area contributed by atoms with Gasteiger partial charge >= 0.3 is 0 Å². The highest BCUT2D eigenvalue weighted by Crippen LogP contribution is 2.36. The Morgan fingerprint density at radius 3 is 1.96 bits per heavy atom. The molecule has 1 rings (SSSR count). The van der Waals surface area contributed by atoms with Crippen LogP contribution in [0, 0.1) is 17.8 Å². The van der Waals surface area contributed by atoms with Crippen molar-refractivity contribution < 1.29 is 0 Å². The Morgan fingerprint density at radius 1 is 0.960 bits per heavy atom. The molecule has 0 unspecified atom stereocenters. The van der Waals surface area contributed by atoms with Gasteiger partial charge in [-0.2, -0.15) is 0 Å². The van der Waals surface area contributed by atoms with Crippen LogP contribution in [-0.4, -0.2) is 7.05 Å². The van der Waals surface area contributed by atoms with Gasteiger partial charge in [0.1, 0.15) is 0 Å². The van der Waals surface area contributed by atoms with Crippen molar-refractivity contribution >= 4 is 5.57 Å². The van der Waals surface area contributed by atoms with E-state index in [4.69, 9.17) is 0 Å². The van der Waals surface area contributed by atoms with Gasteiger partial charge in [-0.1, -0.05) is 78.5 Å². The summed E-state index contributed by atoms with van der Waals surface area (Å²) in [5.41, 5.74) is 6.81. The molecule has 0 atom stereocenters. The molecule has 0 spiro atoms. The number of hydrogen-bond acceptors (Lipinski definition) is 1. The monoisotopic (exact) mass is 339 g/mol. The Bertz CT molecular complexity index is 645. The van der Waals surface area contributed by atoms with E-state index in [2.05, 4.69) is 96.9 Å². The van der Waals surface area contributed by atoms with E-state index in [1.807, 2.05) is 7.05 Å². The number of hydrogen-bond donors (Lipinski definition) is 1. The maximum atomic E-state index is 4.37. The van der Waals surface area contributed by atoms with E-state index >= 15 is 0 Å². The van der Waals surface area contributed by atoms with Crippen molar-refractivity contribution in [1.29, 1.82) is 0 Å². The first-order chi connectivity index (χ1) is 11.4. The first-order valence-corrected chi connectivity index (χ1v) is 9.25. The molecule has 1 heteroatoms. The molecule has 1 aromatic carbocycles. The van der Waals surface area contributed by atoms with Crippen molar-refractivity contribution in [1.82, 2.24) is 5.32 Å². The van der Waals surface area contributed by atoms with Crippen LogP contribution >= 0.6 is 0 Å². The topological polar surface area (TPSA) is 12.0 Å². The average molecular weight is 340 g/mol. The molecule has 138 valence electrons. The van der Waals surface area contributed by atoms with E-state index in [9.17, 15) is 0 Å². The minimum atomic E-state index is 0.225. The second-order valence-corrected chi connectivity index (χ2v) is 9.44. The highest BCUT2D eigenvalue weighted by Gasteiger charge is 2.21. The van der Waals surface area contributed by atoms with Crippen LogP contribution in [0.25, 0.3) is 5.57 Å². The standard InChI is InChI=1S/C24H37N/c1-18-12-10-11-13-22(18)19(2)14-20(15-23(3,4)5)21(17-25-9)16-24(6,7)8/h10-14,17,25H,2,15-16H2,1,3-9H3/b20-14-,21-17-. The molecule has 0 radical (unpaired) electrons. The lowest BCUT2D eigenvalue weighted by Crippen LogP contribution is -2.14. The van der Waals surface area contributed by atoms with E-state index in [1.165, 1.54) is 22.3 Å². The van der Waals surface area contributed by atoms with E-state index in [0.29, 0.717) is 0 Å². The maximum absolute atomic E-state index is 4.37. The molecular weight excluding hydrogens is 302 g/mol. The van der Waals surface area contributed by atoms with Gasteiger partial charge in [0.25, 0.3) is 0 Å². The lowest BCUT2D eigenvalue weighted by atomic mass is 9.79. The van der Waals surface area contributed by atoms with Gasteiger partial charge in [-0.3, -0.25) is 0 Å². The molecule has 1 nitrogen and oxygen atoms in total. The van der Waals surface area contributed by atoms with Gasteiger partial charge in [0.05, 0.1) is 0 Å². The van der Waals surface area contributed by atoms with Gasteiger partial charge in [0.2, 0.25) is 0 Å². The molecule has 0 aliphatic carbocycles. The Labute approximate surface area is 155 Å².